The minimum atomic E-state index is -0.922. The number of aliphatic hydroxyl groups excluding tert-OH is 1. The van der Waals surface area contributed by atoms with E-state index in [-0.39, 0.29) is 0 Å². The van der Waals surface area contributed by atoms with Gasteiger partial charge in [-0.1, -0.05) is 6.07 Å². The van der Waals surface area contributed by atoms with Crippen molar-refractivity contribution >= 4 is 11.8 Å². The Morgan fingerprint density at radius 2 is 2.11 bits per heavy atom. The van der Waals surface area contributed by atoms with Gasteiger partial charge in [0.25, 0.3) is 0 Å². The molecule has 5 heteroatoms. The van der Waals surface area contributed by atoms with Crippen molar-refractivity contribution in [2.75, 3.05) is 19.3 Å². The molecule has 0 heterocycles. The number of benzene rings is 1. The van der Waals surface area contributed by atoms with Crippen molar-refractivity contribution in [2.45, 2.75) is 23.7 Å². The number of halogens is 2. The number of hydrogen-bond acceptors (Lipinski definition) is 3. The fraction of sp³-hybridized carbons (Fsp3) is 0.538. The van der Waals surface area contributed by atoms with Crippen LogP contribution in [0.4, 0.5) is 8.78 Å². The zero-order valence-corrected chi connectivity index (χ0v) is 11.1. The first kappa shape index (κ1) is 13.8. The molecule has 0 amide bonds. The molecular formula is C13H17F2NOS. The third-order valence-electron chi connectivity index (χ3n) is 3.35. The first-order valence-electron chi connectivity index (χ1n) is 5.95. The second kappa shape index (κ2) is 5.55. The van der Waals surface area contributed by atoms with Gasteiger partial charge >= 0.3 is 0 Å². The minimum Gasteiger partial charge on any atom is -0.387 e. The van der Waals surface area contributed by atoms with Crippen LogP contribution in [0, 0.1) is 11.6 Å². The third-order valence-corrected chi connectivity index (χ3v) is 4.77. The largest absolute Gasteiger partial charge is 0.387 e. The average molecular weight is 273 g/mol. The third kappa shape index (κ3) is 3.22. The van der Waals surface area contributed by atoms with Crippen molar-refractivity contribution in [1.29, 1.82) is 0 Å². The highest BCUT2D eigenvalue weighted by molar-refractivity contribution is 8.00. The van der Waals surface area contributed by atoms with E-state index >= 15 is 0 Å². The summed E-state index contributed by atoms with van der Waals surface area (Å²) in [6, 6.07) is 3.49. The predicted octanol–water partition coefficient (Wildman–Crippen LogP) is 2.48. The van der Waals surface area contributed by atoms with E-state index < -0.39 is 17.7 Å². The summed E-state index contributed by atoms with van der Waals surface area (Å²) in [7, 11) is 0. The Morgan fingerprint density at radius 1 is 1.39 bits per heavy atom. The maximum Gasteiger partial charge on any atom is 0.159 e. The molecule has 1 aliphatic rings. The lowest BCUT2D eigenvalue weighted by molar-refractivity contribution is 0.174. The lowest BCUT2D eigenvalue weighted by Crippen LogP contribution is -2.29. The van der Waals surface area contributed by atoms with E-state index in [0.717, 1.165) is 18.7 Å². The van der Waals surface area contributed by atoms with E-state index in [2.05, 4.69) is 11.6 Å². The highest BCUT2D eigenvalue weighted by Gasteiger charge is 2.41. The van der Waals surface area contributed by atoms with Gasteiger partial charge in [-0.05, 0) is 36.8 Å². The first-order chi connectivity index (χ1) is 8.56. The molecule has 1 aromatic rings. The van der Waals surface area contributed by atoms with Gasteiger partial charge in [-0.2, -0.15) is 11.8 Å². The minimum absolute atomic E-state index is 0.327. The molecule has 1 aliphatic carbocycles. The maximum absolute atomic E-state index is 13.0. The molecule has 0 aromatic heterocycles. The van der Waals surface area contributed by atoms with Gasteiger partial charge in [0.05, 0.1) is 6.10 Å². The van der Waals surface area contributed by atoms with Crippen LogP contribution in [0.15, 0.2) is 18.2 Å². The van der Waals surface area contributed by atoms with Crippen LogP contribution in [0.25, 0.3) is 0 Å². The summed E-state index contributed by atoms with van der Waals surface area (Å²) < 4.78 is 26.1. The van der Waals surface area contributed by atoms with Crippen LogP contribution in [0.1, 0.15) is 24.5 Å². The Balaban J connectivity index is 1.83. The molecule has 1 saturated carbocycles. The highest BCUT2D eigenvalue weighted by Crippen LogP contribution is 2.46. The SMILES string of the molecule is CSC1(CNCC(O)c2ccc(F)c(F)c2)CC1. The second-order valence-corrected chi connectivity index (χ2v) is 5.98. The summed E-state index contributed by atoms with van der Waals surface area (Å²) in [5.74, 6) is -1.81. The van der Waals surface area contributed by atoms with Crippen LogP contribution < -0.4 is 5.32 Å². The molecule has 1 aromatic carbocycles. The number of hydrogen-bond donors (Lipinski definition) is 2. The van der Waals surface area contributed by atoms with Crippen LogP contribution in [0.3, 0.4) is 0 Å². The van der Waals surface area contributed by atoms with E-state index in [1.165, 1.54) is 18.9 Å². The van der Waals surface area contributed by atoms with Crippen molar-refractivity contribution in [2.24, 2.45) is 0 Å². The lowest BCUT2D eigenvalue weighted by Gasteiger charge is -2.16. The van der Waals surface area contributed by atoms with Gasteiger partial charge in [0, 0.05) is 17.8 Å². The molecule has 0 radical (unpaired) electrons. The van der Waals surface area contributed by atoms with Gasteiger partial charge in [-0.25, -0.2) is 8.78 Å². The second-order valence-electron chi connectivity index (χ2n) is 4.71. The van der Waals surface area contributed by atoms with Crippen LogP contribution in [-0.4, -0.2) is 29.2 Å². The van der Waals surface area contributed by atoms with E-state index in [1.807, 2.05) is 11.8 Å². The highest BCUT2D eigenvalue weighted by atomic mass is 32.2. The molecule has 1 unspecified atom stereocenters. The van der Waals surface area contributed by atoms with Crippen molar-refractivity contribution in [3.63, 3.8) is 0 Å². The summed E-state index contributed by atoms with van der Waals surface area (Å²) in [5, 5.41) is 13.1. The van der Waals surface area contributed by atoms with E-state index in [0.29, 0.717) is 16.9 Å². The van der Waals surface area contributed by atoms with Gasteiger partial charge < -0.3 is 10.4 Å². The first-order valence-corrected chi connectivity index (χ1v) is 7.18. The number of rotatable bonds is 6. The van der Waals surface area contributed by atoms with Gasteiger partial charge in [-0.3, -0.25) is 0 Å². The fourth-order valence-corrected chi connectivity index (χ4v) is 2.62. The van der Waals surface area contributed by atoms with Crippen LogP contribution in [0.5, 0.6) is 0 Å². The molecule has 18 heavy (non-hydrogen) atoms. The molecule has 0 aliphatic heterocycles. The Bertz CT molecular complexity index is 423. The van der Waals surface area contributed by atoms with Crippen molar-refractivity contribution in [3.8, 4) is 0 Å². The molecule has 0 saturated heterocycles. The van der Waals surface area contributed by atoms with Crippen LogP contribution >= 0.6 is 11.8 Å². The van der Waals surface area contributed by atoms with Crippen LogP contribution in [0.2, 0.25) is 0 Å². The zero-order valence-electron chi connectivity index (χ0n) is 10.2. The number of thioether (sulfide) groups is 1. The molecule has 100 valence electrons. The van der Waals surface area contributed by atoms with E-state index in [4.69, 9.17) is 0 Å². The molecule has 1 atom stereocenters. The quantitative estimate of drug-likeness (QED) is 0.835. The molecule has 2 nitrogen and oxygen atoms in total. The summed E-state index contributed by atoms with van der Waals surface area (Å²) in [4.78, 5) is 0. The molecule has 0 spiro atoms. The van der Waals surface area contributed by atoms with Crippen molar-refractivity contribution in [3.05, 3.63) is 35.4 Å². The fourth-order valence-electron chi connectivity index (χ4n) is 1.87. The van der Waals surface area contributed by atoms with E-state index in [9.17, 15) is 13.9 Å². The number of nitrogens with one attached hydrogen (secondary N) is 1. The Hall–Kier alpha value is -0.650. The summed E-state index contributed by atoms with van der Waals surface area (Å²) in [6.45, 7) is 1.20. The monoisotopic (exact) mass is 273 g/mol. The molecular weight excluding hydrogens is 256 g/mol. The standard InChI is InChI=1S/C13H17F2NOS/c1-18-13(4-5-13)8-16-7-12(17)9-2-3-10(14)11(15)6-9/h2-3,6,12,16-17H,4-5,7-8H2,1H3. The summed E-state index contributed by atoms with van der Waals surface area (Å²) in [6.07, 6.45) is 3.67. The topological polar surface area (TPSA) is 32.3 Å². The average Bonchev–Trinajstić information content (AvgIpc) is 3.13. The normalized spacial score (nSPS) is 18.7. The Morgan fingerprint density at radius 3 is 2.67 bits per heavy atom. The predicted molar refractivity (Wildman–Crippen MR) is 69.7 cm³/mol. The van der Waals surface area contributed by atoms with Gasteiger partial charge in [0.2, 0.25) is 0 Å². The lowest BCUT2D eigenvalue weighted by atomic mass is 10.1. The van der Waals surface area contributed by atoms with E-state index in [1.54, 1.807) is 0 Å². The number of aliphatic hydroxyl groups is 1. The molecule has 1 fully saturated rings. The van der Waals surface area contributed by atoms with Crippen LogP contribution in [-0.2, 0) is 0 Å². The van der Waals surface area contributed by atoms with Gasteiger partial charge in [-0.15, -0.1) is 0 Å². The maximum atomic E-state index is 13.0. The zero-order chi connectivity index (χ0) is 13.2. The summed E-state index contributed by atoms with van der Waals surface area (Å²) in [5.41, 5.74) is 0.399. The van der Waals surface area contributed by atoms with Crippen molar-refractivity contribution < 1.29 is 13.9 Å². The smallest absolute Gasteiger partial charge is 0.159 e. The molecule has 0 bridgehead atoms. The Kier molecular flexibility index (Phi) is 4.25. The van der Waals surface area contributed by atoms with Crippen molar-refractivity contribution in [1.82, 2.24) is 5.32 Å². The van der Waals surface area contributed by atoms with Gasteiger partial charge in [0.1, 0.15) is 0 Å². The van der Waals surface area contributed by atoms with Gasteiger partial charge in [0.15, 0.2) is 11.6 Å². The summed E-state index contributed by atoms with van der Waals surface area (Å²) >= 11 is 1.84. The molecule has 2 rings (SSSR count). The molecule has 2 N–H and O–H groups in total. The Labute approximate surface area is 110 Å².